The summed E-state index contributed by atoms with van der Waals surface area (Å²) in [4.78, 5) is 81.0. The van der Waals surface area contributed by atoms with Gasteiger partial charge in [0.1, 0.15) is 5.36 Å². The van der Waals surface area contributed by atoms with Crippen LogP contribution in [-0.4, -0.2) is 70.1 Å². The van der Waals surface area contributed by atoms with E-state index in [4.69, 9.17) is 4.98 Å². The van der Waals surface area contributed by atoms with Crippen molar-refractivity contribution in [2.24, 2.45) is 10.9 Å². The van der Waals surface area contributed by atoms with E-state index in [1.54, 1.807) is 19.1 Å². The molecule has 52 heavy (non-hydrogen) atoms. The van der Waals surface area contributed by atoms with Crippen LogP contribution in [0, 0.1) is 26.7 Å². The Morgan fingerprint density at radius 2 is 1.50 bits per heavy atom. The molecular formula is C38H41N5O9. The van der Waals surface area contributed by atoms with Gasteiger partial charge in [0.25, 0.3) is 0 Å². The Labute approximate surface area is 297 Å². The molecule has 8 bridgehead atoms. The predicted molar refractivity (Wildman–Crippen MR) is 193 cm³/mol. The Balaban J connectivity index is 2.04. The van der Waals surface area contributed by atoms with Gasteiger partial charge < -0.3 is 35.4 Å². The second-order valence-corrected chi connectivity index (χ2v) is 13.2. The van der Waals surface area contributed by atoms with Crippen LogP contribution >= 0.6 is 0 Å². The number of aryl methyl sites for hydroxylation is 4. The molecular weight excluding hydrogens is 670 g/mol. The molecule has 0 radical (unpaired) electrons. The lowest BCUT2D eigenvalue weighted by Gasteiger charge is -2.15. The third-order valence-electron chi connectivity index (χ3n) is 10.00. The highest BCUT2D eigenvalue weighted by atomic mass is 16.4. The molecule has 0 aromatic carbocycles. The number of fused-ring (bicyclic) bond motifs is 8. The molecule has 14 nitrogen and oxygen atoms in total. The van der Waals surface area contributed by atoms with E-state index < -0.39 is 60.4 Å². The van der Waals surface area contributed by atoms with E-state index in [0.29, 0.717) is 28.7 Å². The number of rotatable bonds is 11. The van der Waals surface area contributed by atoms with Crippen LogP contribution in [0.25, 0.3) is 39.2 Å². The lowest BCUT2D eigenvalue weighted by Crippen LogP contribution is -2.23. The van der Waals surface area contributed by atoms with Gasteiger partial charge in [-0.3, -0.25) is 24.2 Å². The molecule has 7 N–H and O–H groups in total. The minimum atomic E-state index is -1.60. The summed E-state index contributed by atoms with van der Waals surface area (Å²) in [5, 5.41) is 39.0. The number of hydrogen-bond acceptors (Lipinski definition) is 6. The quantitative estimate of drug-likeness (QED) is 0.0943. The largest absolute Gasteiger partial charge is 0.481 e. The van der Waals surface area contributed by atoms with Gasteiger partial charge in [-0.15, -0.1) is 0 Å². The van der Waals surface area contributed by atoms with Gasteiger partial charge in [-0.05, 0) is 74.1 Å². The standard InChI is InChI=1S/C38H41N5O9/c1-7-21-16(3)24-13-26-18(5)23(9-10-31(45)46)34(41-26)36(43-30(44)11-20(37(49)50)12-32(47)48)35-33(38(51)52)19(6)27(42-35)15-29-22(8-2)17(4)25(40-29)14-28(21)39-24/h7,13-15,18,20,23,39-40,42H,1,8-12H2,2-6H3,(H,45,46)(H,47,48)(H,49,50)(H,51,52)/t18-,20+,23-/m0/s1. The number of amides is 1. The number of carboxylic acids is 4. The fraction of sp³-hybridized carbons (Fsp3) is 0.342. The van der Waals surface area contributed by atoms with E-state index in [1.165, 1.54) is 0 Å². The number of aromatic carboxylic acids is 1. The van der Waals surface area contributed by atoms with Crippen molar-refractivity contribution in [2.45, 2.75) is 78.6 Å². The number of aliphatic carboxylic acids is 3. The molecule has 0 unspecified atom stereocenters. The number of carboxylic acid groups (broad SMARTS) is 4. The fourth-order valence-corrected chi connectivity index (χ4v) is 7.12. The summed E-state index contributed by atoms with van der Waals surface area (Å²) >= 11 is 0. The first-order valence-corrected chi connectivity index (χ1v) is 16.9. The highest BCUT2D eigenvalue weighted by Crippen LogP contribution is 2.39. The molecule has 3 atom stereocenters. The van der Waals surface area contributed by atoms with E-state index in [1.807, 2.05) is 39.8 Å². The number of hydrogen-bond donors (Lipinski definition) is 7. The summed E-state index contributed by atoms with van der Waals surface area (Å²) in [6.45, 7) is 13.4. The molecule has 4 aromatic rings. The Hall–Kier alpha value is -6.05. The molecule has 0 spiro atoms. The summed E-state index contributed by atoms with van der Waals surface area (Å²) in [5.41, 5.74) is 7.85. The topological polar surface area (TPSA) is 239 Å². The second kappa shape index (κ2) is 14.7. The number of nitrogens with one attached hydrogen (secondary N) is 3. The number of aromatic amines is 3. The first-order chi connectivity index (χ1) is 24.6. The highest BCUT2D eigenvalue weighted by molar-refractivity contribution is 6.01. The molecule has 1 amide bonds. The normalized spacial score (nSPS) is 15.8. The van der Waals surface area contributed by atoms with Crippen molar-refractivity contribution in [1.29, 1.82) is 0 Å². The Morgan fingerprint density at radius 1 is 0.865 bits per heavy atom. The van der Waals surface area contributed by atoms with Crippen molar-refractivity contribution in [3.05, 3.63) is 74.9 Å². The molecule has 0 saturated carbocycles. The lowest BCUT2D eigenvalue weighted by molar-refractivity contribution is -0.149. The van der Waals surface area contributed by atoms with Crippen LogP contribution in [0.1, 0.15) is 101 Å². The molecule has 272 valence electrons. The minimum absolute atomic E-state index is 0.0580. The summed E-state index contributed by atoms with van der Waals surface area (Å²) in [6.07, 6.45) is 0.572. The molecule has 5 rings (SSSR count). The van der Waals surface area contributed by atoms with E-state index in [-0.39, 0.29) is 35.0 Å². The average Bonchev–Trinajstić information content (AvgIpc) is 3.74. The predicted octanol–water partition coefficient (Wildman–Crippen LogP) is 6.10. The summed E-state index contributed by atoms with van der Waals surface area (Å²) in [5.74, 6) is -9.03. The SMILES string of the molecule is C=Cc1c(C)c2cc3nc(c(=NC(=O)C[C@H](CC(=O)O)C(=O)O)c4[nH]c(cc5[nH]c(cc1[nH]2)c(C)c5CC)c(C)c4C(=O)O)[C@@H](CCC(=O)O)[C@@H]3C. The molecule has 0 aliphatic carbocycles. The zero-order valence-electron chi connectivity index (χ0n) is 29.5. The van der Waals surface area contributed by atoms with Gasteiger partial charge in [0.2, 0.25) is 5.91 Å². The van der Waals surface area contributed by atoms with Crippen LogP contribution in [0.4, 0.5) is 0 Å². The minimum Gasteiger partial charge on any atom is -0.481 e. The maximum Gasteiger partial charge on any atom is 0.338 e. The monoisotopic (exact) mass is 711 g/mol. The van der Waals surface area contributed by atoms with E-state index in [2.05, 4.69) is 26.5 Å². The molecule has 0 fully saturated rings. The lowest BCUT2D eigenvalue weighted by atomic mass is 9.87. The average molecular weight is 712 g/mol. The van der Waals surface area contributed by atoms with Gasteiger partial charge >= 0.3 is 23.9 Å². The molecule has 1 aliphatic heterocycles. The third-order valence-corrected chi connectivity index (χ3v) is 10.00. The molecule has 14 heteroatoms. The van der Waals surface area contributed by atoms with Crippen LogP contribution < -0.4 is 5.36 Å². The van der Waals surface area contributed by atoms with Gasteiger partial charge in [-0.25, -0.2) is 9.79 Å². The van der Waals surface area contributed by atoms with Crippen molar-refractivity contribution in [2.75, 3.05) is 0 Å². The van der Waals surface area contributed by atoms with Crippen molar-refractivity contribution < 1.29 is 44.4 Å². The third kappa shape index (κ3) is 7.09. The number of nitrogens with zero attached hydrogens (tertiary/aromatic N) is 2. The maximum atomic E-state index is 13.6. The van der Waals surface area contributed by atoms with Gasteiger partial charge in [0.15, 0.2) is 0 Å². The van der Waals surface area contributed by atoms with E-state index in [0.717, 1.165) is 38.8 Å². The Kier molecular flexibility index (Phi) is 10.5. The number of H-pyrrole nitrogens is 3. The van der Waals surface area contributed by atoms with Crippen molar-refractivity contribution in [3.63, 3.8) is 0 Å². The number of carbonyl (C=O) groups is 5. The van der Waals surface area contributed by atoms with Gasteiger partial charge in [-0.2, -0.15) is 0 Å². The Bertz CT molecular complexity index is 2380. The number of aromatic nitrogens is 4. The second-order valence-electron chi connectivity index (χ2n) is 13.2. The van der Waals surface area contributed by atoms with Gasteiger partial charge in [0, 0.05) is 63.5 Å². The summed E-state index contributed by atoms with van der Waals surface area (Å²) in [6, 6.07) is 5.59. The van der Waals surface area contributed by atoms with E-state index in [9.17, 15) is 44.4 Å². The molecule has 5 heterocycles. The first kappa shape index (κ1) is 37.2. The maximum absolute atomic E-state index is 13.6. The fourth-order valence-electron chi connectivity index (χ4n) is 7.12. The smallest absolute Gasteiger partial charge is 0.338 e. The van der Waals surface area contributed by atoms with Crippen molar-refractivity contribution >= 4 is 69.0 Å². The number of carbonyl (C=O) groups excluding carboxylic acids is 1. The molecule has 4 aromatic heterocycles. The zero-order chi connectivity index (χ0) is 38.2. The van der Waals surface area contributed by atoms with Crippen LogP contribution in [-0.2, 0) is 25.6 Å². The van der Waals surface area contributed by atoms with Crippen LogP contribution in [0.5, 0.6) is 0 Å². The van der Waals surface area contributed by atoms with Gasteiger partial charge in [-0.1, -0.05) is 26.5 Å². The van der Waals surface area contributed by atoms with Crippen molar-refractivity contribution in [1.82, 2.24) is 19.9 Å². The van der Waals surface area contributed by atoms with Crippen LogP contribution in [0.3, 0.4) is 0 Å². The van der Waals surface area contributed by atoms with Crippen LogP contribution in [0.2, 0.25) is 0 Å². The van der Waals surface area contributed by atoms with E-state index >= 15 is 0 Å². The summed E-state index contributed by atoms with van der Waals surface area (Å²) in [7, 11) is 0. The Morgan fingerprint density at radius 3 is 2.10 bits per heavy atom. The summed E-state index contributed by atoms with van der Waals surface area (Å²) < 4.78 is 0. The van der Waals surface area contributed by atoms with Gasteiger partial charge in [0.05, 0.1) is 29.1 Å². The highest BCUT2D eigenvalue weighted by Gasteiger charge is 2.33. The molecule has 1 aliphatic rings. The molecule has 0 saturated heterocycles. The van der Waals surface area contributed by atoms with Crippen molar-refractivity contribution in [3.8, 4) is 0 Å². The van der Waals surface area contributed by atoms with Crippen LogP contribution in [0.15, 0.2) is 29.8 Å². The zero-order valence-corrected chi connectivity index (χ0v) is 29.5. The first-order valence-electron chi connectivity index (χ1n) is 16.9.